The summed E-state index contributed by atoms with van der Waals surface area (Å²) in [5.74, 6) is 0.787. The van der Waals surface area contributed by atoms with Crippen LogP contribution in [0.5, 0.6) is 11.5 Å². The van der Waals surface area contributed by atoms with Crippen LogP contribution >= 0.6 is 22.6 Å². The number of halogens is 1. The molecule has 1 aliphatic rings. The molecular weight excluding hydrogens is 599 g/mol. The van der Waals surface area contributed by atoms with Gasteiger partial charge in [0.1, 0.15) is 6.61 Å². The summed E-state index contributed by atoms with van der Waals surface area (Å²) in [5.41, 5.74) is 2.42. The molecule has 38 heavy (non-hydrogen) atoms. The predicted molar refractivity (Wildman–Crippen MR) is 152 cm³/mol. The Morgan fingerprint density at radius 3 is 2.50 bits per heavy atom. The summed E-state index contributed by atoms with van der Waals surface area (Å²) in [6, 6.07) is 23.6. The largest absolute Gasteiger partial charge is 0.490 e. The van der Waals surface area contributed by atoms with E-state index in [4.69, 9.17) is 14.2 Å². The molecule has 190 valence electrons. The maximum absolute atomic E-state index is 12.6. The van der Waals surface area contributed by atoms with E-state index in [2.05, 4.69) is 27.6 Å². The van der Waals surface area contributed by atoms with E-state index in [0.29, 0.717) is 23.7 Å². The normalized spacial score (nSPS) is 13.9. The van der Waals surface area contributed by atoms with Gasteiger partial charge in [-0.3, -0.25) is 10.1 Å². The molecule has 4 aromatic carbocycles. The van der Waals surface area contributed by atoms with Crippen molar-refractivity contribution in [3.8, 4) is 11.5 Å². The van der Waals surface area contributed by atoms with Gasteiger partial charge in [0.25, 0.3) is 5.69 Å². The molecule has 5 rings (SSSR count). The van der Waals surface area contributed by atoms with Crippen molar-refractivity contribution in [1.82, 2.24) is 0 Å². The maximum atomic E-state index is 12.6. The molecule has 0 fully saturated rings. The van der Waals surface area contributed by atoms with Gasteiger partial charge in [-0.2, -0.15) is 0 Å². The number of nitro benzene ring substituents is 1. The molecule has 0 radical (unpaired) electrons. The van der Waals surface area contributed by atoms with Gasteiger partial charge in [0.2, 0.25) is 5.90 Å². The number of esters is 1. The SMILES string of the molecule is CCOc1cc(/C=C2/N=C(c3ccc4ccccc4c3)OC2=O)cc(I)c1OCc1ccc([N+](=O)[O-])cc1. The summed E-state index contributed by atoms with van der Waals surface area (Å²) >= 11 is 2.15. The van der Waals surface area contributed by atoms with E-state index in [1.165, 1.54) is 12.1 Å². The van der Waals surface area contributed by atoms with Crippen molar-refractivity contribution >= 4 is 57.0 Å². The second-order valence-corrected chi connectivity index (χ2v) is 9.54. The first-order chi connectivity index (χ1) is 18.4. The zero-order chi connectivity index (χ0) is 26.6. The number of hydrogen-bond acceptors (Lipinski definition) is 7. The molecule has 0 aromatic heterocycles. The van der Waals surface area contributed by atoms with E-state index >= 15 is 0 Å². The third kappa shape index (κ3) is 5.52. The second-order valence-electron chi connectivity index (χ2n) is 8.37. The van der Waals surface area contributed by atoms with Crippen LogP contribution in [0.25, 0.3) is 16.8 Å². The quantitative estimate of drug-likeness (QED) is 0.0717. The highest BCUT2D eigenvalue weighted by atomic mass is 127. The van der Waals surface area contributed by atoms with Crippen LogP contribution in [0.2, 0.25) is 0 Å². The first-order valence-corrected chi connectivity index (χ1v) is 12.8. The number of rotatable bonds is 8. The number of nitro groups is 1. The maximum Gasteiger partial charge on any atom is 0.363 e. The average molecular weight is 620 g/mol. The number of carbonyl (C=O) groups excluding carboxylic acids is 1. The van der Waals surface area contributed by atoms with Gasteiger partial charge in [-0.25, -0.2) is 9.79 Å². The fourth-order valence-electron chi connectivity index (χ4n) is 3.96. The Bertz CT molecular complexity index is 1610. The van der Waals surface area contributed by atoms with Crippen LogP contribution in [0.15, 0.2) is 89.6 Å². The Balaban J connectivity index is 1.39. The van der Waals surface area contributed by atoms with Crippen molar-refractivity contribution in [3.63, 3.8) is 0 Å². The van der Waals surface area contributed by atoms with Gasteiger partial charge in [-0.15, -0.1) is 0 Å². The molecule has 0 amide bonds. The Hall–Kier alpha value is -4.25. The molecule has 0 spiro atoms. The van der Waals surface area contributed by atoms with Crippen molar-refractivity contribution in [2.45, 2.75) is 13.5 Å². The van der Waals surface area contributed by atoms with Crippen LogP contribution in [0.1, 0.15) is 23.6 Å². The molecule has 0 saturated carbocycles. The summed E-state index contributed by atoms with van der Waals surface area (Å²) in [7, 11) is 0. The molecule has 1 heterocycles. The smallest absolute Gasteiger partial charge is 0.363 e. The lowest BCUT2D eigenvalue weighted by Crippen LogP contribution is -2.05. The fourth-order valence-corrected chi connectivity index (χ4v) is 4.74. The lowest BCUT2D eigenvalue weighted by molar-refractivity contribution is -0.384. The van der Waals surface area contributed by atoms with Crippen LogP contribution in [-0.2, 0) is 16.1 Å². The lowest BCUT2D eigenvalue weighted by atomic mass is 10.1. The average Bonchev–Trinajstić information content (AvgIpc) is 3.28. The summed E-state index contributed by atoms with van der Waals surface area (Å²) in [6.45, 7) is 2.49. The number of non-ortho nitro benzene ring substituents is 1. The van der Waals surface area contributed by atoms with Crippen LogP contribution in [-0.4, -0.2) is 23.4 Å². The monoisotopic (exact) mass is 620 g/mol. The van der Waals surface area contributed by atoms with Crippen molar-refractivity contribution in [1.29, 1.82) is 0 Å². The first kappa shape index (κ1) is 25.4. The Labute approximate surface area is 231 Å². The van der Waals surface area contributed by atoms with Crippen LogP contribution in [0.3, 0.4) is 0 Å². The zero-order valence-electron chi connectivity index (χ0n) is 20.2. The third-order valence-corrected chi connectivity index (χ3v) is 6.58. The molecule has 0 N–H and O–H groups in total. The molecule has 8 nitrogen and oxygen atoms in total. The molecule has 0 atom stereocenters. The Morgan fingerprint density at radius 2 is 1.76 bits per heavy atom. The standard InChI is InChI=1S/C29H21IN2O6/c1-2-36-26-15-19(13-24(30)27(26)37-17-18-7-11-23(12-8-18)32(34)35)14-25-29(33)38-28(31-25)22-10-9-20-5-3-4-6-21(20)16-22/h3-16H,2,17H2,1H3/b25-14+. The second kappa shape index (κ2) is 11.0. The van der Waals surface area contributed by atoms with E-state index in [-0.39, 0.29) is 23.9 Å². The minimum Gasteiger partial charge on any atom is -0.490 e. The topological polar surface area (TPSA) is 100 Å². The molecule has 0 bridgehead atoms. The molecule has 0 saturated heterocycles. The van der Waals surface area contributed by atoms with E-state index < -0.39 is 10.9 Å². The van der Waals surface area contributed by atoms with Crippen molar-refractivity contribution in [3.05, 3.63) is 115 Å². The minimum absolute atomic E-state index is 0.0209. The molecule has 4 aromatic rings. The number of nitrogens with zero attached hydrogens (tertiary/aromatic N) is 2. The molecule has 0 aliphatic carbocycles. The highest BCUT2D eigenvalue weighted by Crippen LogP contribution is 2.36. The number of cyclic esters (lactones) is 1. The van der Waals surface area contributed by atoms with Gasteiger partial charge >= 0.3 is 5.97 Å². The van der Waals surface area contributed by atoms with Gasteiger partial charge in [0, 0.05) is 17.7 Å². The number of fused-ring (bicyclic) bond motifs is 1. The molecule has 9 heteroatoms. The highest BCUT2D eigenvalue weighted by molar-refractivity contribution is 14.1. The summed E-state index contributed by atoms with van der Waals surface area (Å²) in [6.07, 6.45) is 1.65. The number of carbonyl (C=O) groups is 1. The van der Waals surface area contributed by atoms with Gasteiger partial charge in [0.15, 0.2) is 17.2 Å². The lowest BCUT2D eigenvalue weighted by Gasteiger charge is -2.15. The predicted octanol–water partition coefficient (Wildman–Crippen LogP) is 6.67. The van der Waals surface area contributed by atoms with E-state index in [1.807, 2.05) is 55.5 Å². The molecule has 1 aliphatic heterocycles. The highest BCUT2D eigenvalue weighted by Gasteiger charge is 2.25. The minimum atomic E-state index is -0.528. The van der Waals surface area contributed by atoms with E-state index in [0.717, 1.165) is 25.5 Å². The van der Waals surface area contributed by atoms with Crippen LogP contribution in [0.4, 0.5) is 5.69 Å². The summed E-state index contributed by atoms with van der Waals surface area (Å²) < 4.78 is 18.1. The van der Waals surface area contributed by atoms with Crippen molar-refractivity contribution in [2.75, 3.05) is 6.61 Å². The van der Waals surface area contributed by atoms with Gasteiger partial charge in [0.05, 0.1) is 15.1 Å². The Morgan fingerprint density at radius 1 is 1.00 bits per heavy atom. The van der Waals surface area contributed by atoms with Crippen LogP contribution < -0.4 is 9.47 Å². The zero-order valence-corrected chi connectivity index (χ0v) is 22.4. The number of aliphatic imine (C=N–C) groups is 1. The first-order valence-electron chi connectivity index (χ1n) is 11.8. The van der Waals surface area contributed by atoms with Crippen LogP contribution in [0, 0.1) is 13.7 Å². The van der Waals surface area contributed by atoms with Gasteiger partial charge in [-0.05, 0) is 93.9 Å². The van der Waals surface area contributed by atoms with Gasteiger partial charge < -0.3 is 14.2 Å². The van der Waals surface area contributed by atoms with E-state index in [1.54, 1.807) is 24.3 Å². The van der Waals surface area contributed by atoms with Crippen molar-refractivity contribution < 1.29 is 23.9 Å². The Kier molecular flexibility index (Phi) is 7.36. The fraction of sp³-hybridized carbons (Fsp3) is 0.103. The number of ether oxygens (including phenoxy) is 3. The summed E-state index contributed by atoms with van der Waals surface area (Å²) in [5, 5.41) is 13.0. The number of hydrogen-bond donors (Lipinski definition) is 0. The van der Waals surface area contributed by atoms with Crippen molar-refractivity contribution in [2.24, 2.45) is 4.99 Å². The number of benzene rings is 4. The molecule has 0 unspecified atom stereocenters. The molecular formula is C29H21IN2O6. The van der Waals surface area contributed by atoms with E-state index in [9.17, 15) is 14.9 Å². The van der Waals surface area contributed by atoms with Gasteiger partial charge in [-0.1, -0.05) is 30.3 Å². The summed E-state index contributed by atoms with van der Waals surface area (Å²) in [4.78, 5) is 27.5. The third-order valence-electron chi connectivity index (χ3n) is 5.78.